The normalized spacial score (nSPS) is 15.4. The highest BCUT2D eigenvalue weighted by Gasteiger charge is 2.29. The van der Waals surface area contributed by atoms with Crippen molar-refractivity contribution in [1.29, 1.82) is 0 Å². The van der Waals surface area contributed by atoms with Gasteiger partial charge in [0.05, 0.1) is 6.42 Å². The summed E-state index contributed by atoms with van der Waals surface area (Å²) in [4.78, 5) is 3.83. The van der Waals surface area contributed by atoms with Crippen molar-refractivity contribution in [2.75, 3.05) is 6.54 Å². The third kappa shape index (κ3) is 7.70. The molecule has 0 aliphatic rings. The Morgan fingerprint density at radius 2 is 2.07 bits per heavy atom. The monoisotopic (exact) mass is 211 g/mol. The smallest absolute Gasteiger partial charge is 0.370 e. The van der Waals surface area contributed by atoms with E-state index < -0.39 is 18.6 Å². The van der Waals surface area contributed by atoms with Gasteiger partial charge in [-0.15, -0.1) is 0 Å². The fraction of sp³-hybridized carbons (Fsp3) is 0.875. The number of hydrogen-bond acceptors (Lipinski definition) is 1. The number of nitrogens with zero attached hydrogens (tertiary/aromatic N) is 1. The van der Waals surface area contributed by atoms with Crippen LogP contribution in [-0.2, 0) is 0 Å². The second-order valence-electron chi connectivity index (χ2n) is 3.13. The van der Waals surface area contributed by atoms with E-state index in [1.54, 1.807) is 0 Å². The molecule has 0 fully saturated rings. The summed E-state index contributed by atoms with van der Waals surface area (Å²) in [6.07, 6.45) is -4.26. The topological polar surface area (TPSA) is 50.4 Å². The van der Waals surface area contributed by atoms with Gasteiger partial charge in [0.15, 0.2) is 5.96 Å². The molecule has 0 aromatic rings. The van der Waals surface area contributed by atoms with E-state index in [0.29, 0.717) is 6.54 Å². The van der Waals surface area contributed by atoms with Crippen LogP contribution in [0.3, 0.4) is 0 Å². The molecule has 0 heterocycles. The lowest BCUT2D eigenvalue weighted by Crippen LogP contribution is -2.40. The van der Waals surface area contributed by atoms with Crippen molar-refractivity contribution in [2.45, 2.75) is 38.9 Å². The van der Waals surface area contributed by atoms with Crippen molar-refractivity contribution in [1.82, 2.24) is 5.32 Å². The molecule has 0 radical (unpaired) electrons. The molecule has 0 aromatic heterocycles. The summed E-state index contributed by atoms with van der Waals surface area (Å²) in [6, 6.07) is -0.740. The van der Waals surface area contributed by atoms with Gasteiger partial charge in [-0.3, -0.25) is 4.99 Å². The van der Waals surface area contributed by atoms with Crippen LogP contribution in [0.4, 0.5) is 13.2 Å². The van der Waals surface area contributed by atoms with Crippen LogP contribution < -0.4 is 11.1 Å². The molecule has 0 aliphatic heterocycles. The van der Waals surface area contributed by atoms with E-state index in [2.05, 4.69) is 10.3 Å². The zero-order valence-corrected chi connectivity index (χ0v) is 8.36. The Morgan fingerprint density at radius 3 is 2.50 bits per heavy atom. The molecule has 0 saturated heterocycles. The van der Waals surface area contributed by atoms with Gasteiger partial charge in [0.1, 0.15) is 0 Å². The minimum Gasteiger partial charge on any atom is -0.370 e. The molecule has 1 unspecified atom stereocenters. The molecule has 0 saturated carbocycles. The Balaban J connectivity index is 3.88. The first kappa shape index (κ1) is 13.1. The van der Waals surface area contributed by atoms with Crippen molar-refractivity contribution < 1.29 is 13.2 Å². The van der Waals surface area contributed by atoms with E-state index in [9.17, 15) is 13.2 Å². The van der Waals surface area contributed by atoms with Gasteiger partial charge in [-0.1, -0.05) is 6.92 Å². The SMILES string of the molecule is CCCN=C(N)NC(C)CC(F)(F)F. The fourth-order valence-corrected chi connectivity index (χ4v) is 0.929. The Kier molecular flexibility index (Phi) is 5.34. The number of rotatable bonds is 4. The van der Waals surface area contributed by atoms with Gasteiger partial charge >= 0.3 is 6.18 Å². The quantitative estimate of drug-likeness (QED) is 0.548. The Hall–Kier alpha value is -0.940. The lowest BCUT2D eigenvalue weighted by molar-refractivity contribution is -0.138. The number of nitrogens with two attached hydrogens (primary N) is 1. The molecule has 0 rings (SSSR count). The fourth-order valence-electron chi connectivity index (χ4n) is 0.929. The number of guanidine groups is 1. The van der Waals surface area contributed by atoms with E-state index in [4.69, 9.17) is 5.73 Å². The molecule has 84 valence electrons. The molecule has 3 N–H and O–H groups in total. The molecular weight excluding hydrogens is 195 g/mol. The zero-order chi connectivity index (χ0) is 11.2. The molecule has 0 amide bonds. The van der Waals surface area contributed by atoms with Gasteiger partial charge in [-0.25, -0.2) is 0 Å². The zero-order valence-electron chi connectivity index (χ0n) is 8.36. The van der Waals surface area contributed by atoms with Gasteiger partial charge in [-0.2, -0.15) is 13.2 Å². The van der Waals surface area contributed by atoms with Crippen LogP contribution in [0, 0.1) is 0 Å². The highest BCUT2D eigenvalue weighted by atomic mass is 19.4. The van der Waals surface area contributed by atoms with Crippen LogP contribution >= 0.6 is 0 Å². The molecule has 0 spiro atoms. The highest BCUT2D eigenvalue weighted by Crippen LogP contribution is 2.20. The predicted molar refractivity (Wildman–Crippen MR) is 50.1 cm³/mol. The summed E-state index contributed by atoms with van der Waals surface area (Å²) >= 11 is 0. The Morgan fingerprint density at radius 1 is 1.50 bits per heavy atom. The largest absolute Gasteiger partial charge is 0.391 e. The maximum atomic E-state index is 11.9. The minimum atomic E-state index is -4.17. The van der Waals surface area contributed by atoms with Crippen LogP contribution in [0.1, 0.15) is 26.7 Å². The van der Waals surface area contributed by atoms with Crippen molar-refractivity contribution >= 4 is 5.96 Å². The summed E-state index contributed by atoms with van der Waals surface area (Å²) in [5.74, 6) is 0.0728. The number of hydrogen-bond donors (Lipinski definition) is 2. The first-order chi connectivity index (χ1) is 6.35. The molecule has 0 aromatic carbocycles. The van der Waals surface area contributed by atoms with Crippen molar-refractivity contribution in [3.8, 4) is 0 Å². The molecule has 1 atom stereocenters. The molecular formula is C8H16F3N3. The van der Waals surface area contributed by atoms with Crippen molar-refractivity contribution in [3.05, 3.63) is 0 Å². The van der Waals surface area contributed by atoms with Crippen LogP contribution in [0.15, 0.2) is 4.99 Å². The Labute approximate surface area is 81.6 Å². The molecule has 0 aliphatic carbocycles. The van der Waals surface area contributed by atoms with E-state index in [0.717, 1.165) is 6.42 Å². The second kappa shape index (κ2) is 5.72. The van der Waals surface area contributed by atoms with Crippen LogP contribution in [-0.4, -0.2) is 24.7 Å². The number of alkyl halides is 3. The van der Waals surface area contributed by atoms with E-state index in [1.165, 1.54) is 6.92 Å². The maximum Gasteiger partial charge on any atom is 0.391 e. The first-order valence-electron chi connectivity index (χ1n) is 4.48. The molecule has 6 heteroatoms. The van der Waals surface area contributed by atoms with Gasteiger partial charge in [0.2, 0.25) is 0 Å². The molecule has 3 nitrogen and oxygen atoms in total. The van der Waals surface area contributed by atoms with Gasteiger partial charge in [-0.05, 0) is 13.3 Å². The number of aliphatic imine (C=N–C) groups is 1. The van der Waals surface area contributed by atoms with Crippen molar-refractivity contribution in [2.24, 2.45) is 10.7 Å². The van der Waals surface area contributed by atoms with E-state index >= 15 is 0 Å². The summed E-state index contributed by atoms with van der Waals surface area (Å²) < 4.78 is 35.7. The molecule has 0 bridgehead atoms. The molecule has 14 heavy (non-hydrogen) atoms. The third-order valence-electron chi connectivity index (χ3n) is 1.44. The van der Waals surface area contributed by atoms with Crippen LogP contribution in [0.2, 0.25) is 0 Å². The lowest BCUT2D eigenvalue weighted by atomic mass is 10.2. The van der Waals surface area contributed by atoms with Gasteiger partial charge < -0.3 is 11.1 Å². The standard InChI is InChI=1S/C8H16F3N3/c1-3-4-13-7(12)14-6(2)5-8(9,10)11/h6H,3-5H2,1-2H3,(H3,12,13,14). The number of nitrogens with one attached hydrogen (secondary N) is 1. The van der Waals surface area contributed by atoms with E-state index in [-0.39, 0.29) is 5.96 Å². The van der Waals surface area contributed by atoms with Gasteiger partial charge in [0, 0.05) is 12.6 Å². The summed E-state index contributed by atoms with van der Waals surface area (Å²) in [5, 5.41) is 2.48. The highest BCUT2D eigenvalue weighted by molar-refractivity contribution is 5.78. The summed E-state index contributed by atoms with van der Waals surface area (Å²) in [5.41, 5.74) is 5.35. The van der Waals surface area contributed by atoms with Gasteiger partial charge in [0.25, 0.3) is 0 Å². The number of halogens is 3. The van der Waals surface area contributed by atoms with E-state index in [1.807, 2.05) is 6.92 Å². The third-order valence-corrected chi connectivity index (χ3v) is 1.44. The average molecular weight is 211 g/mol. The van der Waals surface area contributed by atoms with Crippen molar-refractivity contribution in [3.63, 3.8) is 0 Å². The van der Waals surface area contributed by atoms with Crippen LogP contribution in [0.5, 0.6) is 0 Å². The maximum absolute atomic E-state index is 11.9. The predicted octanol–water partition coefficient (Wildman–Crippen LogP) is 1.64. The second-order valence-corrected chi connectivity index (χ2v) is 3.13. The summed E-state index contributed by atoms with van der Waals surface area (Å²) in [7, 11) is 0. The Bertz CT molecular complexity index is 189. The minimum absolute atomic E-state index is 0.0728. The first-order valence-corrected chi connectivity index (χ1v) is 4.48. The average Bonchev–Trinajstić information content (AvgIpc) is 1.96. The van der Waals surface area contributed by atoms with Crippen LogP contribution in [0.25, 0.3) is 0 Å². The lowest BCUT2D eigenvalue weighted by Gasteiger charge is -2.16. The summed E-state index contributed by atoms with van der Waals surface area (Å²) in [6.45, 7) is 3.86.